The van der Waals surface area contributed by atoms with Gasteiger partial charge in [0.05, 0.1) is 4.90 Å². The molecule has 0 saturated heterocycles. The highest BCUT2D eigenvalue weighted by Crippen LogP contribution is 2.17. The number of benzene rings is 2. The smallest absolute Gasteiger partial charge is 0.240 e. The molecule has 0 spiro atoms. The quantitative estimate of drug-likeness (QED) is 0.754. The summed E-state index contributed by atoms with van der Waals surface area (Å²) >= 11 is 0. The van der Waals surface area contributed by atoms with Crippen molar-refractivity contribution < 1.29 is 12.8 Å². The van der Waals surface area contributed by atoms with Crippen molar-refractivity contribution >= 4 is 20.9 Å². The summed E-state index contributed by atoms with van der Waals surface area (Å²) in [5, 5.41) is 1.11. The van der Waals surface area contributed by atoms with Gasteiger partial charge in [0, 0.05) is 17.8 Å². The summed E-state index contributed by atoms with van der Waals surface area (Å²) in [5.74, 6) is -0.459. The van der Waals surface area contributed by atoms with Crippen molar-refractivity contribution in [3.05, 3.63) is 65.6 Å². The molecule has 0 radical (unpaired) electrons. The first-order valence-electron chi connectivity index (χ1n) is 7.27. The van der Waals surface area contributed by atoms with E-state index in [2.05, 4.69) is 15.8 Å². The third-order valence-corrected chi connectivity index (χ3v) is 5.13. The van der Waals surface area contributed by atoms with Crippen molar-refractivity contribution in [2.45, 2.75) is 18.2 Å². The number of halogens is 1. The Hall–Kier alpha value is -2.18. The number of sulfonamides is 1. The van der Waals surface area contributed by atoms with Gasteiger partial charge in [0.25, 0.3) is 0 Å². The summed E-state index contributed by atoms with van der Waals surface area (Å²) in [4.78, 5) is 3.32. The zero-order valence-electron chi connectivity index (χ0n) is 12.6. The molecule has 0 saturated carbocycles. The molecule has 1 aromatic heterocycles. The Morgan fingerprint density at radius 2 is 1.83 bits per heavy atom. The van der Waals surface area contributed by atoms with E-state index in [-0.39, 0.29) is 11.4 Å². The first-order valence-corrected chi connectivity index (χ1v) is 8.76. The fourth-order valence-corrected chi connectivity index (χ4v) is 3.54. The number of aromatic amines is 1. The van der Waals surface area contributed by atoms with Gasteiger partial charge in [-0.05, 0) is 66.8 Å². The van der Waals surface area contributed by atoms with E-state index >= 15 is 0 Å². The van der Waals surface area contributed by atoms with Crippen LogP contribution >= 0.6 is 0 Å². The number of H-pyrrole nitrogens is 1. The molecule has 1 heterocycles. The van der Waals surface area contributed by atoms with Crippen LogP contribution in [0.2, 0.25) is 0 Å². The SMILES string of the molecule is Cc1cc2cc(CCNS(=O)(=O)c3ccc(F)cc3)ccc2[nH]1. The van der Waals surface area contributed by atoms with E-state index in [1.54, 1.807) is 0 Å². The standard InChI is InChI=1S/C17H17FN2O2S/c1-12-10-14-11-13(2-7-17(14)20-12)8-9-19-23(21,22)16-5-3-15(18)4-6-16/h2-7,10-11,19-20H,8-9H2,1H3. The van der Waals surface area contributed by atoms with Gasteiger partial charge in [-0.3, -0.25) is 0 Å². The molecule has 3 rings (SSSR count). The number of hydrogen-bond donors (Lipinski definition) is 2. The zero-order chi connectivity index (χ0) is 16.4. The van der Waals surface area contributed by atoms with Crippen LogP contribution in [-0.4, -0.2) is 19.9 Å². The van der Waals surface area contributed by atoms with Gasteiger partial charge in [0.15, 0.2) is 0 Å². The predicted octanol–water partition coefficient (Wildman–Crippen LogP) is 3.14. The maximum Gasteiger partial charge on any atom is 0.240 e. The van der Waals surface area contributed by atoms with Crippen LogP contribution in [0, 0.1) is 12.7 Å². The Kier molecular flexibility index (Phi) is 4.19. The van der Waals surface area contributed by atoms with Gasteiger partial charge in [-0.1, -0.05) is 6.07 Å². The average Bonchev–Trinajstić information content (AvgIpc) is 2.87. The number of aryl methyl sites for hydroxylation is 1. The summed E-state index contributed by atoms with van der Waals surface area (Å²) in [5.41, 5.74) is 3.21. The average molecular weight is 332 g/mol. The van der Waals surface area contributed by atoms with E-state index < -0.39 is 15.8 Å². The number of fused-ring (bicyclic) bond motifs is 1. The van der Waals surface area contributed by atoms with Gasteiger partial charge in [0.2, 0.25) is 10.0 Å². The van der Waals surface area contributed by atoms with E-state index in [4.69, 9.17) is 0 Å². The normalized spacial score (nSPS) is 11.9. The zero-order valence-corrected chi connectivity index (χ0v) is 13.5. The fraction of sp³-hybridized carbons (Fsp3) is 0.176. The van der Waals surface area contributed by atoms with E-state index in [9.17, 15) is 12.8 Å². The molecule has 0 aliphatic carbocycles. The molecule has 0 fully saturated rings. The van der Waals surface area contributed by atoms with Crippen molar-refractivity contribution in [2.75, 3.05) is 6.54 Å². The van der Waals surface area contributed by atoms with Crippen LogP contribution in [0.4, 0.5) is 4.39 Å². The van der Waals surface area contributed by atoms with Crippen molar-refractivity contribution in [3.63, 3.8) is 0 Å². The highest BCUT2D eigenvalue weighted by molar-refractivity contribution is 7.89. The molecular weight excluding hydrogens is 315 g/mol. The second-order valence-electron chi connectivity index (χ2n) is 5.48. The van der Waals surface area contributed by atoms with Crippen LogP contribution in [0.25, 0.3) is 10.9 Å². The van der Waals surface area contributed by atoms with E-state index in [0.717, 1.165) is 34.3 Å². The lowest BCUT2D eigenvalue weighted by Crippen LogP contribution is -2.26. The van der Waals surface area contributed by atoms with Gasteiger partial charge in [0.1, 0.15) is 5.82 Å². The molecular formula is C17H17FN2O2S. The molecule has 0 amide bonds. The Morgan fingerprint density at radius 3 is 2.57 bits per heavy atom. The largest absolute Gasteiger partial charge is 0.359 e. The second-order valence-corrected chi connectivity index (χ2v) is 7.24. The minimum atomic E-state index is -3.61. The van der Waals surface area contributed by atoms with Gasteiger partial charge < -0.3 is 4.98 Å². The minimum absolute atomic E-state index is 0.0654. The molecule has 0 bridgehead atoms. The van der Waals surface area contributed by atoms with Crippen molar-refractivity contribution in [1.29, 1.82) is 0 Å². The first kappa shape index (κ1) is 15.7. The molecule has 0 aliphatic heterocycles. The third kappa shape index (κ3) is 3.60. The van der Waals surface area contributed by atoms with Crippen LogP contribution < -0.4 is 4.72 Å². The van der Waals surface area contributed by atoms with E-state index in [0.29, 0.717) is 6.42 Å². The summed E-state index contributed by atoms with van der Waals surface area (Å²) < 4.78 is 39.6. The molecule has 0 atom stereocenters. The fourth-order valence-electron chi connectivity index (χ4n) is 2.51. The molecule has 4 nitrogen and oxygen atoms in total. The highest BCUT2D eigenvalue weighted by Gasteiger charge is 2.13. The Bertz CT molecular complexity index is 931. The maximum atomic E-state index is 12.9. The monoisotopic (exact) mass is 332 g/mol. The molecule has 2 aromatic carbocycles. The molecule has 2 N–H and O–H groups in total. The molecule has 6 heteroatoms. The van der Waals surface area contributed by atoms with Crippen LogP contribution in [-0.2, 0) is 16.4 Å². The van der Waals surface area contributed by atoms with Crippen molar-refractivity contribution in [2.24, 2.45) is 0 Å². The summed E-state index contributed by atoms with van der Waals surface area (Å²) in [6.45, 7) is 2.28. The number of hydrogen-bond acceptors (Lipinski definition) is 2. The number of rotatable bonds is 5. The highest BCUT2D eigenvalue weighted by atomic mass is 32.2. The van der Waals surface area contributed by atoms with Gasteiger partial charge >= 0.3 is 0 Å². The van der Waals surface area contributed by atoms with Gasteiger partial charge in [-0.15, -0.1) is 0 Å². The topological polar surface area (TPSA) is 62.0 Å². The molecule has 3 aromatic rings. The summed E-state index contributed by atoms with van der Waals surface area (Å²) in [7, 11) is -3.61. The Labute approximate surface area is 134 Å². The summed E-state index contributed by atoms with van der Waals surface area (Å²) in [6, 6.07) is 12.9. The van der Waals surface area contributed by atoms with Crippen LogP contribution in [0.3, 0.4) is 0 Å². The van der Waals surface area contributed by atoms with E-state index in [1.807, 2.05) is 25.1 Å². The van der Waals surface area contributed by atoms with Crippen LogP contribution in [0.15, 0.2) is 53.4 Å². The second kappa shape index (κ2) is 6.14. The van der Waals surface area contributed by atoms with E-state index in [1.165, 1.54) is 12.1 Å². The Balaban J connectivity index is 1.66. The minimum Gasteiger partial charge on any atom is -0.359 e. The predicted molar refractivity (Wildman–Crippen MR) is 88.3 cm³/mol. The van der Waals surface area contributed by atoms with Crippen molar-refractivity contribution in [1.82, 2.24) is 9.71 Å². The van der Waals surface area contributed by atoms with Gasteiger partial charge in [-0.25, -0.2) is 17.5 Å². The maximum absolute atomic E-state index is 12.9. The number of aromatic nitrogens is 1. The molecule has 120 valence electrons. The number of nitrogens with one attached hydrogen (secondary N) is 2. The lowest BCUT2D eigenvalue weighted by molar-refractivity contribution is 0.580. The molecule has 0 unspecified atom stereocenters. The first-order chi connectivity index (χ1) is 10.9. The molecule has 0 aliphatic rings. The summed E-state index contributed by atoms with van der Waals surface area (Å²) in [6.07, 6.45) is 0.584. The molecule has 23 heavy (non-hydrogen) atoms. The van der Waals surface area contributed by atoms with Crippen molar-refractivity contribution in [3.8, 4) is 0 Å². The lowest BCUT2D eigenvalue weighted by Gasteiger charge is -2.07. The third-order valence-electron chi connectivity index (χ3n) is 3.65. The van der Waals surface area contributed by atoms with Gasteiger partial charge in [-0.2, -0.15) is 0 Å². The van der Waals surface area contributed by atoms with Crippen LogP contribution in [0.1, 0.15) is 11.3 Å². The Morgan fingerprint density at radius 1 is 1.09 bits per heavy atom. The lowest BCUT2D eigenvalue weighted by atomic mass is 10.1. The van der Waals surface area contributed by atoms with Crippen LogP contribution in [0.5, 0.6) is 0 Å².